The van der Waals surface area contributed by atoms with E-state index in [0.717, 1.165) is 39.9 Å². The third-order valence-electron chi connectivity index (χ3n) is 3.01. The molecule has 0 saturated heterocycles. The van der Waals surface area contributed by atoms with Crippen LogP contribution in [0.15, 0.2) is 40.9 Å². The van der Waals surface area contributed by atoms with Crippen molar-refractivity contribution < 1.29 is 4.39 Å². The number of hydrogen-bond acceptors (Lipinski definition) is 2. The maximum absolute atomic E-state index is 13.0. The first-order valence-electron chi connectivity index (χ1n) is 6.10. The molecule has 2 aromatic carbocycles. The molecule has 2 aromatic rings. The van der Waals surface area contributed by atoms with Crippen molar-refractivity contribution in [1.82, 2.24) is 0 Å². The highest BCUT2D eigenvalue weighted by Gasteiger charge is 2.02. The Morgan fingerprint density at radius 2 is 2.00 bits per heavy atom. The summed E-state index contributed by atoms with van der Waals surface area (Å²) < 4.78 is 13.9. The van der Waals surface area contributed by atoms with Gasteiger partial charge in [0.2, 0.25) is 0 Å². The molecule has 0 aliphatic rings. The van der Waals surface area contributed by atoms with E-state index in [1.165, 1.54) is 6.07 Å². The van der Waals surface area contributed by atoms with Crippen molar-refractivity contribution in [2.24, 2.45) is 0 Å². The summed E-state index contributed by atoms with van der Waals surface area (Å²) >= 11 is 3.47. The van der Waals surface area contributed by atoms with Gasteiger partial charge in [-0.25, -0.2) is 4.39 Å². The first-order valence-corrected chi connectivity index (χ1v) is 6.89. The molecule has 2 nitrogen and oxygen atoms in total. The van der Waals surface area contributed by atoms with Gasteiger partial charge in [-0.15, -0.1) is 0 Å². The molecule has 0 unspecified atom stereocenters. The third kappa shape index (κ3) is 3.70. The van der Waals surface area contributed by atoms with E-state index >= 15 is 0 Å². The van der Waals surface area contributed by atoms with Crippen LogP contribution in [0, 0.1) is 12.7 Å². The van der Waals surface area contributed by atoms with Crippen molar-refractivity contribution in [1.29, 1.82) is 0 Å². The predicted molar refractivity (Wildman–Crippen MR) is 81.9 cm³/mol. The van der Waals surface area contributed by atoms with Crippen LogP contribution in [-0.2, 0) is 6.42 Å². The largest absolute Gasteiger partial charge is 0.399 e. The van der Waals surface area contributed by atoms with Gasteiger partial charge in [0, 0.05) is 22.4 Å². The fraction of sp³-hybridized carbons (Fsp3) is 0.200. The van der Waals surface area contributed by atoms with Crippen molar-refractivity contribution in [3.8, 4) is 0 Å². The Morgan fingerprint density at radius 3 is 2.68 bits per heavy atom. The third-order valence-corrected chi connectivity index (χ3v) is 3.66. The molecule has 0 radical (unpaired) electrons. The molecule has 3 N–H and O–H groups in total. The zero-order chi connectivity index (χ0) is 13.8. The molecular formula is C15H16BrFN2. The first kappa shape index (κ1) is 13.9. The summed E-state index contributed by atoms with van der Waals surface area (Å²) in [4.78, 5) is 0. The van der Waals surface area contributed by atoms with Crippen LogP contribution < -0.4 is 11.1 Å². The van der Waals surface area contributed by atoms with E-state index in [4.69, 9.17) is 5.73 Å². The Hall–Kier alpha value is -1.55. The van der Waals surface area contributed by atoms with Gasteiger partial charge in [0.15, 0.2) is 0 Å². The van der Waals surface area contributed by atoms with E-state index in [9.17, 15) is 4.39 Å². The summed E-state index contributed by atoms with van der Waals surface area (Å²) in [7, 11) is 0. The zero-order valence-electron chi connectivity index (χ0n) is 10.7. The quantitative estimate of drug-likeness (QED) is 0.830. The lowest BCUT2D eigenvalue weighted by atomic mass is 10.1. The van der Waals surface area contributed by atoms with Crippen molar-refractivity contribution in [3.63, 3.8) is 0 Å². The molecule has 0 spiro atoms. The van der Waals surface area contributed by atoms with Crippen molar-refractivity contribution >= 4 is 27.3 Å². The fourth-order valence-electron chi connectivity index (χ4n) is 1.95. The van der Waals surface area contributed by atoms with Crippen molar-refractivity contribution in [2.45, 2.75) is 13.3 Å². The molecule has 0 heterocycles. The highest BCUT2D eigenvalue weighted by Crippen LogP contribution is 2.24. The maximum Gasteiger partial charge on any atom is 0.123 e. The van der Waals surface area contributed by atoms with E-state index in [-0.39, 0.29) is 5.82 Å². The minimum absolute atomic E-state index is 0.185. The lowest BCUT2D eigenvalue weighted by Gasteiger charge is -2.10. The number of nitrogens with two attached hydrogens (primary N) is 1. The highest BCUT2D eigenvalue weighted by atomic mass is 79.9. The SMILES string of the molecule is Cc1cc(F)ccc1CCNc1ccc(N)cc1Br. The Kier molecular flexibility index (Phi) is 4.43. The van der Waals surface area contributed by atoms with Crippen LogP contribution in [0.5, 0.6) is 0 Å². The fourth-order valence-corrected chi connectivity index (χ4v) is 2.48. The average molecular weight is 323 g/mol. The van der Waals surface area contributed by atoms with Crippen LogP contribution in [0.4, 0.5) is 15.8 Å². The molecule has 0 fully saturated rings. The highest BCUT2D eigenvalue weighted by molar-refractivity contribution is 9.10. The summed E-state index contributed by atoms with van der Waals surface area (Å²) in [6, 6.07) is 10.6. The molecule has 100 valence electrons. The second-order valence-electron chi connectivity index (χ2n) is 4.49. The van der Waals surface area contributed by atoms with Crippen LogP contribution in [0.25, 0.3) is 0 Å². The molecule has 4 heteroatoms. The maximum atomic E-state index is 13.0. The van der Waals surface area contributed by atoms with E-state index in [0.29, 0.717) is 0 Å². The second kappa shape index (κ2) is 6.06. The molecule has 2 rings (SSSR count). The molecular weight excluding hydrogens is 307 g/mol. The van der Waals surface area contributed by atoms with E-state index in [2.05, 4.69) is 21.2 Å². The Labute approximate surface area is 121 Å². The molecule has 19 heavy (non-hydrogen) atoms. The van der Waals surface area contributed by atoms with E-state index in [1.54, 1.807) is 6.07 Å². The van der Waals surface area contributed by atoms with Crippen LogP contribution >= 0.6 is 15.9 Å². The smallest absolute Gasteiger partial charge is 0.123 e. The van der Waals surface area contributed by atoms with Gasteiger partial charge in [-0.1, -0.05) is 6.07 Å². The number of benzene rings is 2. The zero-order valence-corrected chi connectivity index (χ0v) is 12.3. The van der Waals surface area contributed by atoms with Gasteiger partial charge in [0.25, 0.3) is 0 Å². The Balaban J connectivity index is 1.96. The van der Waals surface area contributed by atoms with Gasteiger partial charge >= 0.3 is 0 Å². The molecule has 0 saturated carbocycles. The molecule has 0 bridgehead atoms. The first-order chi connectivity index (χ1) is 9.06. The number of nitrogen functional groups attached to an aromatic ring is 1. The summed E-state index contributed by atoms with van der Waals surface area (Å²) in [6.45, 7) is 2.71. The number of hydrogen-bond donors (Lipinski definition) is 2. The standard InChI is InChI=1S/C15H16BrFN2/c1-10-8-12(17)3-2-11(10)6-7-19-15-5-4-13(18)9-14(15)16/h2-5,8-9,19H,6-7,18H2,1H3. The van der Waals surface area contributed by atoms with Crippen LogP contribution in [0.3, 0.4) is 0 Å². The number of halogens is 2. The topological polar surface area (TPSA) is 38.0 Å². The summed E-state index contributed by atoms with van der Waals surface area (Å²) in [5.74, 6) is -0.185. The van der Waals surface area contributed by atoms with Crippen LogP contribution in [0.2, 0.25) is 0 Å². The summed E-state index contributed by atoms with van der Waals surface area (Å²) in [5.41, 5.74) is 9.56. The summed E-state index contributed by atoms with van der Waals surface area (Å²) in [5, 5.41) is 3.33. The van der Waals surface area contributed by atoms with Crippen LogP contribution in [0.1, 0.15) is 11.1 Å². The number of nitrogens with one attached hydrogen (secondary N) is 1. The van der Waals surface area contributed by atoms with Gasteiger partial charge < -0.3 is 11.1 Å². The summed E-state index contributed by atoms with van der Waals surface area (Å²) in [6.07, 6.45) is 0.850. The van der Waals surface area contributed by atoms with Gasteiger partial charge in [0.05, 0.1) is 0 Å². The van der Waals surface area contributed by atoms with Gasteiger partial charge in [-0.05, 0) is 70.7 Å². The minimum Gasteiger partial charge on any atom is -0.399 e. The Bertz CT molecular complexity index is 533. The van der Waals surface area contributed by atoms with Gasteiger partial charge in [-0.2, -0.15) is 0 Å². The lowest BCUT2D eigenvalue weighted by Crippen LogP contribution is -2.06. The van der Waals surface area contributed by atoms with Crippen molar-refractivity contribution in [3.05, 3.63) is 57.8 Å². The molecule has 0 amide bonds. The lowest BCUT2D eigenvalue weighted by molar-refractivity contribution is 0.625. The molecule has 0 aromatic heterocycles. The van der Waals surface area contributed by atoms with Gasteiger partial charge in [-0.3, -0.25) is 0 Å². The van der Waals surface area contributed by atoms with Crippen molar-refractivity contribution in [2.75, 3.05) is 17.6 Å². The van der Waals surface area contributed by atoms with E-state index in [1.807, 2.05) is 31.2 Å². The predicted octanol–water partition coefficient (Wildman–Crippen LogP) is 4.13. The minimum atomic E-state index is -0.185. The monoisotopic (exact) mass is 322 g/mol. The second-order valence-corrected chi connectivity index (χ2v) is 5.34. The molecule has 0 aliphatic heterocycles. The molecule has 0 aliphatic carbocycles. The van der Waals surface area contributed by atoms with Gasteiger partial charge in [0.1, 0.15) is 5.82 Å². The normalized spacial score (nSPS) is 10.5. The number of anilines is 2. The molecule has 0 atom stereocenters. The number of rotatable bonds is 4. The average Bonchev–Trinajstić information content (AvgIpc) is 2.34. The van der Waals surface area contributed by atoms with E-state index < -0.39 is 0 Å². The number of aryl methyl sites for hydroxylation is 1. The van der Waals surface area contributed by atoms with Crippen LogP contribution in [-0.4, -0.2) is 6.54 Å². The Morgan fingerprint density at radius 1 is 1.21 bits per heavy atom.